The van der Waals surface area contributed by atoms with Crippen molar-refractivity contribution in [1.29, 1.82) is 0 Å². The first-order valence-corrected chi connectivity index (χ1v) is 6.99. The largest absolute Gasteiger partial charge is 0.487 e. The number of hydrogen-bond acceptors (Lipinski definition) is 2. The molecule has 0 N–H and O–H groups in total. The van der Waals surface area contributed by atoms with Crippen LogP contribution in [0.4, 0.5) is 0 Å². The Hall–Kier alpha value is -2.32. The maximum Gasteiger partial charge on any atom is 0.138 e. The number of benzene rings is 2. The molecule has 1 radical (unpaired) electrons. The third-order valence-corrected chi connectivity index (χ3v) is 3.36. The summed E-state index contributed by atoms with van der Waals surface area (Å²) < 4.78 is 5.75. The van der Waals surface area contributed by atoms with E-state index in [4.69, 9.17) is 16.3 Å². The van der Waals surface area contributed by atoms with Crippen LogP contribution in [0.25, 0.3) is 11.3 Å². The molecule has 103 valence electrons. The molecule has 2 aromatic carbocycles. The Morgan fingerprint density at radius 3 is 2.67 bits per heavy atom. The quantitative estimate of drug-likeness (QED) is 0.691. The van der Waals surface area contributed by atoms with Gasteiger partial charge >= 0.3 is 0 Å². The Labute approximate surface area is 129 Å². The predicted octanol–water partition coefficient (Wildman–Crippen LogP) is 4.78. The molecule has 1 heterocycles. The van der Waals surface area contributed by atoms with Crippen LogP contribution in [0, 0.1) is 6.07 Å². The zero-order chi connectivity index (χ0) is 14.5. The summed E-state index contributed by atoms with van der Waals surface area (Å²) in [4.78, 5) is 4.28. The molecule has 1 aromatic heterocycles. The molecule has 3 heteroatoms. The molecule has 0 bridgehead atoms. The first kappa shape index (κ1) is 13.7. The maximum absolute atomic E-state index is 6.28. The molecule has 0 aliphatic rings. The van der Waals surface area contributed by atoms with E-state index in [9.17, 15) is 0 Å². The van der Waals surface area contributed by atoms with Crippen molar-refractivity contribution in [2.45, 2.75) is 6.61 Å². The van der Waals surface area contributed by atoms with Gasteiger partial charge < -0.3 is 4.74 Å². The molecule has 0 spiro atoms. The summed E-state index contributed by atoms with van der Waals surface area (Å²) in [5.41, 5.74) is 2.90. The molecule has 0 aliphatic carbocycles. The van der Waals surface area contributed by atoms with Crippen LogP contribution in [0.1, 0.15) is 5.56 Å². The standard InChI is InChI=1S/C18H13ClNO/c19-16-12-15(17-8-4-5-11-20-17)9-10-18(16)21-13-14-6-2-1-3-7-14/h1-3,5-12H,13H2. The summed E-state index contributed by atoms with van der Waals surface area (Å²) in [6.07, 6.45) is 1.71. The molecule has 0 saturated heterocycles. The number of halogens is 1. The predicted molar refractivity (Wildman–Crippen MR) is 84.3 cm³/mol. The fourth-order valence-corrected chi connectivity index (χ4v) is 2.23. The highest BCUT2D eigenvalue weighted by Gasteiger charge is 2.05. The second-order valence-electron chi connectivity index (χ2n) is 4.56. The second-order valence-corrected chi connectivity index (χ2v) is 4.97. The van der Waals surface area contributed by atoms with E-state index in [0.717, 1.165) is 16.8 Å². The zero-order valence-corrected chi connectivity index (χ0v) is 12.0. The Bertz CT molecular complexity index is 714. The van der Waals surface area contributed by atoms with E-state index in [1.165, 1.54) is 0 Å². The number of rotatable bonds is 4. The molecule has 0 atom stereocenters. The van der Waals surface area contributed by atoms with Crippen LogP contribution in [0.15, 0.2) is 66.9 Å². The molecule has 2 nitrogen and oxygen atoms in total. The second kappa shape index (κ2) is 6.42. The van der Waals surface area contributed by atoms with Crippen molar-refractivity contribution in [3.63, 3.8) is 0 Å². The first-order valence-electron chi connectivity index (χ1n) is 6.62. The molecule has 0 fully saturated rings. The Balaban J connectivity index is 1.76. The molecule has 3 rings (SSSR count). The van der Waals surface area contributed by atoms with Gasteiger partial charge in [-0.25, -0.2) is 0 Å². The van der Waals surface area contributed by atoms with Gasteiger partial charge in [0.05, 0.1) is 10.7 Å². The van der Waals surface area contributed by atoms with Crippen molar-refractivity contribution < 1.29 is 4.74 Å². The van der Waals surface area contributed by atoms with Gasteiger partial charge in [0.2, 0.25) is 0 Å². The van der Waals surface area contributed by atoms with Crippen LogP contribution < -0.4 is 4.74 Å². The highest BCUT2D eigenvalue weighted by molar-refractivity contribution is 6.32. The molecule has 21 heavy (non-hydrogen) atoms. The van der Waals surface area contributed by atoms with Crippen LogP contribution in [0.2, 0.25) is 5.02 Å². The average molecular weight is 295 g/mol. The van der Waals surface area contributed by atoms with Gasteiger partial charge in [0.1, 0.15) is 12.4 Å². The Kier molecular flexibility index (Phi) is 4.17. The van der Waals surface area contributed by atoms with E-state index in [1.54, 1.807) is 12.3 Å². The minimum absolute atomic E-state index is 0.497. The van der Waals surface area contributed by atoms with Gasteiger partial charge in [-0.15, -0.1) is 0 Å². The van der Waals surface area contributed by atoms with Crippen LogP contribution in [0.3, 0.4) is 0 Å². The van der Waals surface area contributed by atoms with Crippen molar-refractivity contribution in [2.24, 2.45) is 0 Å². The van der Waals surface area contributed by atoms with Gasteiger partial charge in [0.25, 0.3) is 0 Å². The summed E-state index contributed by atoms with van der Waals surface area (Å²) in [7, 11) is 0. The van der Waals surface area contributed by atoms with Crippen molar-refractivity contribution in [3.8, 4) is 17.0 Å². The zero-order valence-electron chi connectivity index (χ0n) is 11.3. The fourth-order valence-electron chi connectivity index (χ4n) is 2.00. The monoisotopic (exact) mass is 294 g/mol. The molecular weight excluding hydrogens is 282 g/mol. The van der Waals surface area contributed by atoms with Gasteiger partial charge in [-0.3, -0.25) is 4.98 Å². The molecule has 0 saturated carbocycles. The molecule has 0 unspecified atom stereocenters. The average Bonchev–Trinajstić information content (AvgIpc) is 2.55. The lowest BCUT2D eigenvalue weighted by Gasteiger charge is -2.09. The van der Waals surface area contributed by atoms with Gasteiger partial charge in [-0.1, -0.05) is 41.9 Å². The van der Waals surface area contributed by atoms with Crippen LogP contribution >= 0.6 is 11.6 Å². The smallest absolute Gasteiger partial charge is 0.138 e. The molecule has 0 amide bonds. The highest BCUT2D eigenvalue weighted by atomic mass is 35.5. The van der Waals surface area contributed by atoms with Gasteiger partial charge in [0, 0.05) is 11.8 Å². The van der Waals surface area contributed by atoms with Gasteiger partial charge in [0.15, 0.2) is 0 Å². The van der Waals surface area contributed by atoms with Crippen LogP contribution in [-0.4, -0.2) is 4.98 Å². The van der Waals surface area contributed by atoms with Crippen molar-refractivity contribution in [2.75, 3.05) is 0 Å². The topological polar surface area (TPSA) is 22.1 Å². The lowest BCUT2D eigenvalue weighted by molar-refractivity contribution is 0.306. The van der Waals surface area contributed by atoms with Gasteiger partial charge in [-0.05, 0) is 42.0 Å². The summed E-state index contributed by atoms with van der Waals surface area (Å²) in [5, 5.41) is 0.578. The van der Waals surface area contributed by atoms with E-state index in [-0.39, 0.29) is 0 Å². The molecular formula is C18H13ClNO. The number of hydrogen-bond donors (Lipinski definition) is 0. The fraction of sp³-hybridized carbons (Fsp3) is 0.0556. The minimum atomic E-state index is 0.497. The highest BCUT2D eigenvalue weighted by Crippen LogP contribution is 2.30. The first-order chi connectivity index (χ1) is 10.3. The molecule has 0 aliphatic heterocycles. The van der Waals surface area contributed by atoms with Crippen LogP contribution in [0.5, 0.6) is 5.75 Å². The number of ether oxygens (including phenoxy) is 1. The van der Waals surface area contributed by atoms with E-state index in [2.05, 4.69) is 11.1 Å². The van der Waals surface area contributed by atoms with E-state index in [0.29, 0.717) is 17.4 Å². The van der Waals surface area contributed by atoms with Crippen molar-refractivity contribution in [3.05, 3.63) is 83.5 Å². The normalized spacial score (nSPS) is 10.3. The lowest BCUT2D eigenvalue weighted by Crippen LogP contribution is -1.95. The number of nitrogens with zero attached hydrogens (tertiary/aromatic N) is 1. The third kappa shape index (κ3) is 3.41. The SMILES string of the molecule is Clc1cc(-c2c[c]ccn2)ccc1OCc1ccccc1. The minimum Gasteiger partial charge on any atom is -0.487 e. The Morgan fingerprint density at radius 2 is 1.95 bits per heavy atom. The maximum atomic E-state index is 6.28. The summed E-state index contributed by atoms with van der Waals surface area (Å²) >= 11 is 6.28. The van der Waals surface area contributed by atoms with Crippen LogP contribution in [-0.2, 0) is 6.61 Å². The summed E-state index contributed by atoms with van der Waals surface area (Å²) in [6.45, 7) is 0.497. The number of aromatic nitrogens is 1. The molecule has 3 aromatic rings. The van der Waals surface area contributed by atoms with Crippen molar-refractivity contribution >= 4 is 11.6 Å². The van der Waals surface area contributed by atoms with E-state index >= 15 is 0 Å². The summed E-state index contributed by atoms with van der Waals surface area (Å²) in [5.74, 6) is 0.671. The Morgan fingerprint density at radius 1 is 1.10 bits per heavy atom. The van der Waals surface area contributed by atoms with Gasteiger partial charge in [-0.2, -0.15) is 0 Å². The number of pyridine rings is 1. The summed E-state index contributed by atoms with van der Waals surface area (Å²) in [6, 6.07) is 22.3. The van der Waals surface area contributed by atoms with E-state index < -0.39 is 0 Å². The van der Waals surface area contributed by atoms with Crippen molar-refractivity contribution in [1.82, 2.24) is 4.98 Å². The third-order valence-electron chi connectivity index (χ3n) is 3.07. The lowest BCUT2D eigenvalue weighted by atomic mass is 10.1. The van der Waals surface area contributed by atoms with E-state index in [1.807, 2.05) is 54.6 Å².